The summed E-state index contributed by atoms with van der Waals surface area (Å²) < 4.78 is 5.43. The average molecular weight is 404 g/mol. The Labute approximate surface area is 168 Å². The van der Waals surface area contributed by atoms with E-state index < -0.39 is 6.04 Å². The monoisotopic (exact) mass is 403 g/mol. The number of aromatic amines is 1. The van der Waals surface area contributed by atoms with Crippen LogP contribution in [0.4, 0.5) is 0 Å². The molecule has 0 aliphatic carbocycles. The fourth-order valence-corrected chi connectivity index (χ4v) is 3.11. The fourth-order valence-electron chi connectivity index (χ4n) is 3.11. The van der Waals surface area contributed by atoms with Gasteiger partial charge in [0, 0.05) is 48.7 Å². The highest BCUT2D eigenvalue weighted by molar-refractivity contribution is 5.94. The van der Waals surface area contributed by atoms with Crippen molar-refractivity contribution < 1.29 is 9.32 Å². The zero-order chi connectivity index (χ0) is 18.8. The van der Waals surface area contributed by atoms with Crippen LogP contribution in [0.15, 0.2) is 29.0 Å². The van der Waals surface area contributed by atoms with Crippen LogP contribution >= 0.6 is 12.4 Å². The van der Waals surface area contributed by atoms with Crippen LogP contribution in [0.2, 0.25) is 0 Å². The largest absolute Gasteiger partial charge is 0.339 e. The Kier molecular flexibility index (Phi) is 6.05. The van der Waals surface area contributed by atoms with E-state index in [1.165, 1.54) is 0 Å². The van der Waals surface area contributed by atoms with Crippen molar-refractivity contribution in [2.45, 2.75) is 32.9 Å². The van der Waals surface area contributed by atoms with Gasteiger partial charge >= 0.3 is 0 Å². The standard InChI is InChI=1S/C18H21N7O2.ClH/c1-10(2)14(18-22-16(25-27-18)11-4-3-6-19-8-11)21-17(26)15-12-9-20-7-5-13(12)23-24-15;/h3-4,6,8,10,14,20H,5,7,9H2,1-2H3,(H,21,26)(H,23,24);1H. The Hall–Kier alpha value is -2.78. The number of carbonyl (C=O) groups excluding carboxylic acids is 1. The molecule has 0 radical (unpaired) electrons. The zero-order valence-corrected chi connectivity index (χ0v) is 16.4. The molecule has 9 nitrogen and oxygen atoms in total. The molecule has 3 N–H and O–H groups in total. The van der Waals surface area contributed by atoms with Gasteiger partial charge in [0.05, 0.1) is 0 Å². The number of carbonyl (C=O) groups is 1. The van der Waals surface area contributed by atoms with E-state index in [9.17, 15) is 4.79 Å². The molecule has 1 atom stereocenters. The molecule has 1 aliphatic rings. The number of nitrogens with zero attached hydrogens (tertiary/aromatic N) is 4. The molecule has 10 heteroatoms. The number of H-pyrrole nitrogens is 1. The van der Waals surface area contributed by atoms with Crippen LogP contribution in [-0.4, -0.2) is 37.8 Å². The predicted molar refractivity (Wildman–Crippen MR) is 104 cm³/mol. The zero-order valence-electron chi connectivity index (χ0n) is 15.6. The maximum atomic E-state index is 12.8. The Morgan fingerprint density at radius 2 is 2.21 bits per heavy atom. The Balaban J connectivity index is 0.00000225. The van der Waals surface area contributed by atoms with Crippen LogP contribution in [0.5, 0.6) is 0 Å². The van der Waals surface area contributed by atoms with Crippen molar-refractivity contribution in [2.75, 3.05) is 6.54 Å². The summed E-state index contributed by atoms with van der Waals surface area (Å²) in [4.78, 5) is 21.3. The highest BCUT2D eigenvalue weighted by atomic mass is 35.5. The minimum Gasteiger partial charge on any atom is -0.339 e. The lowest BCUT2D eigenvalue weighted by Crippen LogP contribution is -2.33. The maximum Gasteiger partial charge on any atom is 0.272 e. The van der Waals surface area contributed by atoms with Crippen molar-refractivity contribution in [1.82, 2.24) is 36.0 Å². The molecule has 1 amide bonds. The van der Waals surface area contributed by atoms with Gasteiger partial charge in [0.25, 0.3) is 5.91 Å². The van der Waals surface area contributed by atoms with E-state index >= 15 is 0 Å². The van der Waals surface area contributed by atoms with E-state index in [4.69, 9.17) is 4.52 Å². The van der Waals surface area contributed by atoms with Gasteiger partial charge in [-0.2, -0.15) is 10.1 Å². The van der Waals surface area contributed by atoms with Crippen molar-refractivity contribution in [2.24, 2.45) is 5.92 Å². The second-order valence-electron chi connectivity index (χ2n) is 6.85. The number of halogens is 1. The number of nitrogens with one attached hydrogen (secondary N) is 3. The number of rotatable bonds is 5. The van der Waals surface area contributed by atoms with Crippen molar-refractivity contribution in [3.63, 3.8) is 0 Å². The molecule has 28 heavy (non-hydrogen) atoms. The van der Waals surface area contributed by atoms with Crippen LogP contribution in [0.25, 0.3) is 11.4 Å². The molecule has 0 saturated heterocycles. The first-order valence-corrected chi connectivity index (χ1v) is 8.95. The second-order valence-corrected chi connectivity index (χ2v) is 6.85. The van der Waals surface area contributed by atoms with Crippen molar-refractivity contribution >= 4 is 18.3 Å². The van der Waals surface area contributed by atoms with Gasteiger partial charge in [-0.15, -0.1) is 12.4 Å². The van der Waals surface area contributed by atoms with Crippen LogP contribution in [-0.2, 0) is 13.0 Å². The Bertz CT molecular complexity index is 939. The van der Waals surface area contributed by atoms with Crippen molar-refractivity contribution in [3.8, 4) is 11.4 Å². The van der Waals surface area contributed by atoms with Gasteiger partial charge in [0.15, 0.2) is 5.69 Å². The van der Waals surface area contributed by atoms with Crippen molar-refractivity contribution in [3.05, 3.63) is 47.4 Å². The topological polar surface area (TPSA) is 122 Å². The second kappa shape index (κ2) is 8.49. The predicted octanol–water partition coefficient (Wildman–Crippen LogP) is 2.05. The quantitative estimate of drug-likeness (QED) is 0.595. The smallest absolute Gasteiger partial charge is 0.272 e. The molecular formula is C18H22ClN7O2. The van der Waals surface area contributed by atoms with Gasteiger partial charge in [-0.1, -0.05) is 19.0 Å². The summed E-state index contributed by atoms with van der Waals surface area (Å²) in [5.41, 5.74) is 3.10. The van der Waals surface area contributed by atoms with Crippen LogP contribution < -0.4 is 10.6 Å². The minimum atomic E-state index is -0.417. The minimum absolute atomic E-state index is 0. The molecular weight excluding hydrogens is 382 g/mol. The Morgan fingerprint density at radius 3 is 2.96 bits per heavy atom. The summed E-state index contributed by atoms with van der Waals surface area (Å²) in [5.74, 6) is 0.610. The van der Waals surface area contributed by atoms with E-state index in [-0.39, 0.29) is 24.2 Å². The average Bonchev–Trinajstić information content (AvgIpc) is 3.34. The third-order valence-corrected chi connectivity index (χ3v) is 4.60. The van der Waals surface area contributed by atoms with E-state index in [0.29, 0.717) is 24.0 Å². The summed E-state index contributed by atoms with van der Waals surface area (Å²) >= 11 is 0. The third-order valence-electron chi connectivity index (χ3n) is 4.60. The maximum absolute atomic E-state index is 12.8. The molecule has 148 valence electrons. The number of aromatic nitrogens is 5. The first-order chi connectivity index (χ1) is 13.1. The Morgan fingerprint density at radius 1 is 1.36 bits per heavy atom. The molecule has 3 aromatic rings. The third kappa shape index (κ3) is 3.90. The molecule has 0 saturated carbocycles. The summed E-state index contributed by atoms with van der Waals surface area (Å²) in [6, 6.07) is 3.24. The van der Waals surface area contributed by atoms with Crippen LogP contribution in [0, 0.1) is 5.92 Å². The lowest BCUT2D eigenvalue weighted by atomic mass is 10.0. The fraction of sp³-hybridized carbons (Fsp3) is 0.389. The lowest BCUT2D eigenvalue weighted by molar-refractivity contribution is 0.0907. The summed E-state index contributed by atoms with van der Waals surface area (Å²) in [6.45, 7) is 5.48. The van der Waals surface area contributed by atoms with Gasteiger partial charge in [0.1, 0.15) is 6.04 Å². The SMILES string of the molecule is CC(C)C(NC(=O)c1n[nH]c2c1CNCC2)c1nc(-c2cccnc2)no1.Cl. The number of amides is 1. The molecule has 4 rings (SSSR count). The van der Waals surface area contributed by atoms with E-state index in [1.54, 1.807) is 12.4 Å². The number of fused-ring (bicyclic) bond motifs is 1. The number of hydrogen-bond donors (Lipinski definition) is 3. The van der Waals surface area contributed by atoms with E-state index in [1.807, 2.05) is 26.0 Å². The molecule has 0 fully saturated rings. The molecule has 3 aromatic heterocycles. The molecule has 0 spiro atoms. The van der Waals surface area contributed by atoms with Gasteiger partial charge < -0.3 is 15.2 Å². The van der Waals surface area contributed by atoms with Gasteiger partial charge in [0.2, 0.25) is 11.7 Å². The van der Waals surface area contributed by atoms with E-state index in [2.05, 4.69) is 36.0 Å². The van der Waals surface area contributed by atoms with Gasteiger partial charge in [-0.25, -0.2) is 0 Å². The number of hydrogen-bond acceptors (Lipinski definition) is 7. The summed E-state index contributed by atoms with van der Waals surface area (Å²) in [5, 5.41) is 17.4. The highest BCUT2D eigenvalue weighted by Gasteiger charge is 2.28. The molecule has 1 unspecified atom stereocenters. The highest BCUT2D eigenvalue weighted by Crippen LogP contribution is 2.24. The first kappa shape index (κ1) is 20.0. The van der Waals surface area contributed by atoms with E-state index in [0.717, 1.165) is 29.8 Å². The first-order valence-electron chi connectivity index (χ1n) is 8.95. The normalized spacial score (nSPS) is 14.2. The molecule has 0 bridgehead atoms. The molecule has 0 aromatic carbocycles. The molecule has 1 aliphatic heterocycles. The summed E-state index contributed by atoms with van der Waals surface area (Å²) in [7, 11) is 0. The van der Waals surface area contributed by atoms with Gasteiger partial charge in [-0.3, -0.25) is 14.9 Å². The van der Waals surface area contributed by atoms with Crippen LogP contribution in [0.3, 0.4) is 0 Å². The van der Waals surface area contributed by atoms with Crippen LogP contribution in [0.1, 0.15) is 47.5 Å². The molecule has 4 heterocycles. The van der Waals surface area contributed by atoms with Gasteiger partial charge in [-0.05, 0) is 18.1 Å². The van der Waals surface area contributed by atoms with Crippen molar-refractivity contribution in [1.29, 1.82) is 0 Å². The lowest BCUT2D eigenvalue weighted by Gasteiger charge is -2.19. The summed E-state index contributed by atoms with van der Waals surface area (Å²) in [6.07, 6.45) is 4.18. The number of pyridine rings is 1.